The van der Waals surface area contributed by atoms with Gasteiger partial charge in [0.05, 0.1) is 13.2 Å². The van der Waals surface area contributed by atoms with Crippen LogP contribution in [-0.2, 0) is 9.53 Å². The van der Waals surface area contributed by atoms with Gasteiger partial charge in [0.2, 0.25) is 5.91 Å². The average Bonchev–Trinajstić information content (AvgIpc) is 3.64. The van der Waals surface area contributed by atoms with Gasteiger partial charge in [-0.25, -0.2) is 4.79 Å². The minimum absolute atomic E-state index is 0.0638. The standard InChI is InChI=1S/C24H36N4O3/c1-19-6-2-3-8-22(19)25-24(30)27-12-4-7-21(18-27)28(23(29)20-9-10-20)13-5-11-26-14-16-31-17-15-26/h2-3,6,8,20-21H,4-5,7,9-18H2,1H3,(H,25,30). The maximum Gasteiger partial charge on any atom is 0.321 e. The van der Waals surface area contributed by atoms with Gasteiger partial charge in [-0.3, -0.25) is 9.69 Å². The highest BCUT2D eigenvalue weighted by molar-refractivity contribution is 5.90. The summed E-state index contributed by atoms with van der Waals surface area (Å²) in [5, 5.41) is 3.05. The van der Waals surface area contributed by atoms with Crippen molar-refractivity contribution in [2.45, 2.75) is 45.1 Å². The first kappa shape index (κ1) is 22.1. The zero-order valence-corrected chi connectivity index (χ0v) is 18.7. The smallest absolute Gasteiger partial charge is 0.321 e. The lowest BCUT2D eigenvalue weighted by Crippen LogP contribution is -2.53. The van der Waals surface area contributed by atoms with Gasteiger partial charge in [-0.05, 0) is 50.7 Å². The van der Waals surface area contributed by atoms with E-state index in [1.54, 1.807) is 0 Å². The number of nitrogens with zero attached hydrogens (tertiary/aromatic N) is 3. The second kappa shape index (κ2) is 10.5. The minimum atomic E-state index is -0.0638. The quantitative estimate of drug-likeness (QED) is 0.725. The van der Waals surface area contributed by atoms with Crippen molar-refractivity contribution in [1.29, 1.82) is 0 Å². The molecule has 1 saturated carbocycles. The summed E-state index contributed by atoms with van der Waals surface area (Å²) in [6.45, 7) is 8.71. The van der Waals surface area contributed by atoms with Crippen LogP contribution in [0.1, 0.15) is 37.7 Å². The number of ether oxygens (including phenoxy) is 1. The first-order chi connectivity index (χ1) is 15.1. The van der Waals surface area contributed by atoms with E-state index in [1.165, 1.54) is 0 Å². The van der Waals surface area contributed by atoms with Gasteiger partial charge >= 0.3 is 6.03 Å². The van der Waals surface area contributed by atoms with E-state index in [0.717, 1.165) is 89.3 Å². The summed E-state index contributed by atoms with van der Waals surface area (Å²) in [7, 11) is 0. The summed E-state index contributed by atoms with van der Waals surface area (Å²) in [6.07, 6.45) is 4.92. The number of urea groups is 1. The van der Waals surface area contributed by atoms with Crippen LogP contribution >= 0.6 is 0 Å². The third kappa shape index (κ3) is 5.98. The molecule has 170 valence electrons. The van der Waals surface area contributed by atoms with Gasteiger partial charge in [-0.15, -0.1) is 0 Å². The van der Waals surface area contributed by atoms with Crippen LogP contribution in [0.25, 0.3) is 0 Å². The van der Waals surface area contributed by atoms with Crippen molar-refractivity contribution in [3.8, 4) is 0 Å². The number of aryl methyl sites for hydroxylation is 1. The Hall–Kier alpha value is -2.12. The molecule has 4 rings (SSSR count). The predicted molar refractivity (Wildman–Crippen MR) is 121 cm³/mol. The third-order valence-corrected chi connectivity index (χ3v) is 6.70. The van der Waals surface area contributed by atoms with E-state index >= 15 is 0 Å². The van der Waals surface area contributed by atoms with Gasteiger partial charge in [-0.1, -0.05) is 18.2 Å². The second-order valence-corrected chi connectivity index (χ2v) is 9.10. The molecule has 0 aromatic heterocycles. The number of amides is 3. The summed E-state index contributed by atoms with van der Waals surface area (Å²) >= 11 is 0. The Bertz CT molecular complexity index is 761. The predicted octanol–water partition coefficient (Wildman–Crippen LogP) is 2.95. The van der Waals surface area contributed by atoms with E-state index in [0.29, 0.717) is 12.5 Å². The Balaban J connectivity index is 1.34. The summed E-state index contributed by atoms with van der Waals surface area (Å²) in [5.74, 6) is 0.507. The van der Waals surface area contributed by atoms with Crippen LogP contribution in [0.2, 0.25) is 0 Å². The molecule has 1 aromatic carbocycles. The molecule has 7 heteroatoms. The Morgan fingerprint density at radius 3 is 2.65 bits per heavy atom. The number of para-hydroxylation sites is 1. The van der Waals surface area contributed by atoms with E-state index in [1.807, 2.05) is 36.1 Å². The normalized spacial score (nSPS) is 22.2. The van der Waals surface area contributed by atoms with Crippen LogP contribution in [0, 0.1) is 12.8 Å². The molecular formula is C24H36N4O3. The molecule has 7 nitrogen and oxygen atoms in total. The Morgan fingerprint density at radius 1 is 1.13 bits per heavy atom. The molecule has 0 radical (unpaired) electrons. The number of likely N-dealkylation sites (tertiary alicyclic amines) is 1. The first-order valence-electron chi connectivity index (χ1n) is 11.8. The van der Waals surface area contributed by atoms with Gasteiger partial charge < -0.3 is 19.9 Å². The number of benzene rings is 1. The molecule has 3 amide bonds. The van der Waals surface area contributed by atoms with Crippen molar-refractivity contribution in [2.24, 2.45) is 5.92 Å². The van der Waals surface area contributed by atoms with Crippen LogP contribution in [-0.4, -0.2) is 85.2 Å². The maximum atomic E-state index is 13.1. The number of morpholine rings is 1. The van der Waals surface area contributed by atoms with Gasteiger partial charge in [-0.2, -0.15) is 0 Å². The SMILES string of the molecule is Cc1ccccc1NC(=O)N1CCCC(N(CCCN2CCOCC2)C(=O)C2CC2)C1. The van der Waals surface area contributed by atoms with Crippen molar-refractivity contribution in [2.75, 3.05) is 57.8 Å². The highest BCUT2D eigenvalue weighted by Crippen LogP contribution is 2.33. The molecular weight excluding hydrogens is 392 g/mol. The lowest BCUT2D eigenvalue weighted by atomic mass is 10.0. The molecule has 2 heterocycles. The van der Waals surface area contributed by atoms with Gasteiger partial charge in [0.15, 0.2) is 0 Å². The molecule has 31 heavy (non-hydrogen) atoms. The summed E-state index contributed by atoms with van der Waals surface area (Å²) in [5.41, 5.74) is 1.91. The van der Waals surface area contributed by atoms with Crippen molar-refractivity contribution >= 4 is 17.6 Å². The number of rotatable bonds is 7. The number of hydrogen-bond donors (Lipinski definition) is 1. The number of carbonyl (C=O) groups is 2. The number of nitrogens with one attached hydrogen (secondary N) is 1. The third-order valence-electron chi connectivity index (χ3n) is 6.70. The number of hydrogen-bond acceptors (Lipinski definition) is 4. The summed E-state index contributed by atoms with van der Waals surface area (Å²) in [4.78, 5) is 32.4. The van der Waals surface area contributed by atoms with Gasteiger partial charge in [0.25, 0.3) is 0 Å². The van der Waals surface area contributed by atoms with E-state index in [-0.39, 0.29) is 18.0 Å². The highest BCUT2D eigenvalue weighted by atomic mass is 16.5. The molecule has 3 aliphatic rings. The highest BCUT2D eigenvalue weighted by Gasteiger charge is 2.38. The minimum Gasteiger partial charge on any atom is -0.379 e. The van der Waals surface area contributed by atoms with Crippen molar-refractivity contribution in [3.63, 3.8) is 0 Å². The van der Waals surface area contributed by atoms with Crippen LogP contribution in [0.15, 0.2) is 24.3 Å². The molecule has 3 fully saturated rings. The van der Waals surface area contributed by atoms with Crippen LogP contribution < -0.4 is 5.32 Å². The zero-order valence-electron chi connectivity index (χ0n) is 18.7. The number of anilines is 1. The fourth-order valence-corrected chi connectivity index (χ4v) is 4.63. The monoisotopic (exact) mass is 428 g/mol. The second-order valence-electron chi connectivity index (χ2n) is 9.10. The van der Waals surface area contributed by atoms with Gasteiger partial charge in [0.1, 0.15) is 0 Å². The number of carbonyl (C=O) groups excluding carboxylic acids is 2. The summed E-state index contributed by atoms with van der Waals surface area (Å²) < 4.78 is 5.43. The molecule has 2 aliphatic heterocycles. The van der Waals surface area contributed by atoms with Crippen molar-refractivity contribution in [1.82, 2.24) is 14.7 Å². The molecule has 0 bridgehead atoms. The maximum absolute atomic E-state index is 13.1. The van der Waals surface area contributed by atoms with Crippen molar-refractivity contribution in [3.05, 3.63) is 29.8 Å². The first-order valence-corrected chi connectivity index (χ1v) is 11.8. The fraction of sp³-hybridized carbons (Fsp3) is 0.667. The molecule has 1 atom stereocenters. The molecule has 1 aliphatic carbocycles. The Labute approximate surface area is 185 Å². The average molecular weight is 429 g/mol. The lowest BCUT2D eigenvalue weighted by molar-refractivity contribution is -0.136. The molecule has 1 aromatic rings. The lowest BCUT2D eigenvalue weighted by Gasteiger charge is -2.40. The Kier molecular flexibility index (Phi) is 7.45. The molecule has 2 saturated heterocycles. The molecule has 1 N–H and O–H groups in total. The zero-order chi connectivity index (χ0) is 21.6. The van der Waals surface area contributed by atoms with E-state index < -0.39 is 0 Å². The van der Waals surface area contributed by atoms with Crippen molar-refractivity contribution < 1.29 is 14.3 Å². The van der Waals surface area contributed by atoms with E-state index in [9.17, 15) is 9.59 Å². The molecule has 0 spiro atoms. The summed E-state index contributed by atoms with van der Waals surface area (Å²) in [6, 6.07) is 7.90. The Morgan fingerprint density at radius 2 is 1.90 bits per heavy atom. The van der Waals surface area contributed by atoms with Crippen LogP contribution in [0.3, 0.4) is 0 Å². The van der Waals surface area contributed by atoms with E-state index in [2.05, 4.69) is 15.1 Å². The largest absolute Gasteiger partial charge is 0.379 e. The fourth-order valence-electron chi connectivity index (χ4n) is 4.63. The van der Waals surface area contributed by atoms with Crippen LogP contribution in [0.5, 0.6) is 0 Å². The topological polar surface area (TPSA) is 65.1 Å². The van der Waals surface area contributed by atoms with Gasteiger partial charge in [0, 0.05) is 56.9 Å². The number of piperidine rings is 1. The van der Waals surface area contributed by atoms with E-state index in [4.69, 9.17) is 4.74 Å². The molecule has 1 unspecified atom stereocenters. The van der Waals surface area contributed by atoms with Crippen LogP contribution in [0.4, 0.5) is 10.5 Å².